The Kier molecular flexibility index (Phi) is 4.33. The third-order valence-electron chi connectivity index (χ3n) is 4.27. The van der Waals surface area contributed by atoms with Crippen molar-refractivity contribution in [2.75, 3.05) is 18.1 Å². The molecule has 2 aliphatic rings. The Hall–Kier alpha value is -1.11. The molecule has 6 nitrogen and oxygen atoms in total. The molecule has 1 aliphatic carbocycles. The molecule has 7 heteroatoms. The molecule has 2 rings (SSSR count). The molecule has 0 bridgehead atoms. The first-order chi connectivity index (χ1) is 9.67. The number of amides is 2. The summed E-state index contributed by atoms with van der Waals surface area (Å²) in [5.41, 5.74) is -1.16. The van der Waals surface area contributed by atoms with Crippen LogP contribution in [-0.2, 0) is 19.4 Å². The first-order valence-electron chi connectivity index (χ1n) is 7.50. The van der Waals surface area contributed by atoms with Gasteiger partial charge in [0.05, 0.1) is 11.5 Å². The van der Waals surface area contributed by atoms with Gasteiger partial charge in [-0.15, -0.1) is 0 Å². The molecule has 1 heterocycles. The summed E-state index contributed by atoms with van der Waals surface area (Å²) in [6, 6.07) is -0.105. The van der Waals surface area contributed by atoms with E-state index < -0.39 is 15.3 Å². The fourth-order valence-electron chi connectivity index (χ4n) is 2.64. The average molecular weight is 316 g/mol. The molecule has 0 aromatic carbocycles. The molecule has 0 aromatic rings. The Bertz CT molecular complexity index is 537. The monoisotopic (exact) mass is 316 g/mol. The smallest absolute Gasteiger partial charge is 0.237 e. The molecule has 1 atom stereocenters. The molecule has 2 fully saturated rings. The van der Waals surface area contributed by atoms with Crippen LogP contribution in [0.4, 0.5) is 0 Å². The summed E-state index contributed by atoms with van der Waals surface area (Å²) in [4.78, 5) is 26.5. The van der Waals surface area contributed by atoms with Gasteiger partial charge in [-0.1, -0.05) is 0 Å². The predicted octanol–water partition coefficient (Wildman–Crippen LogP) is 0.327. The highest BCUT2D eigenvalue weighted by Crippen LogP contribution is 2.27. The van der Waals surface area contributed by atoms with E-state index in [0.717, 1.165) is 12.8 Å². The lowest BCUT2D eigenvalue weighted by Gasteiger charge is -2.34. The average Bonchev–Trinajstić information content (AvgIpc) is 3.13. The Labute approximate surface area is 126 Å². The minimum Gasteiger partial charge on any atom is -0.352 e. The van der Waals surface area contributed by atoms with Gasteiger partial charge in [-0.2, -0.15) is 0 Å². The number of nitrogens with zero attached hydrogens (tertiary/aromatic N) is 1. The molecule has 0 radical (unpaired) electrons. The second-order valence-corrected chi connectivity index (χ2v) is 8.75. The molecule has 21 heavy (non-hydrogen) atoms. The van der Waals surface area contributed by atoms with Crippen molar-refractivity contribution in [2.45, 2.75) is 52.1 Å². The Morgan fingerprint density at radius 1 is 1.24 bits per heavy atom. The van der Waals surface area contributed by atoms with E-state index in [4.69, 9.17) is 0 Å². The maximum Gasteiger partial charge on any atom is 0.237 e. The van der Waals surface area contributed by atoms with E-state index in [2.05, 4.69) is 5.32 Å². The third-order valence-corrected chi connectivity index (χ3v) is 6.02. The highest BCUT2D eigenvalue weighted by Gasteiger charge is 2.44. The lowest BCUT2D eigenvalue weighted by atomic mass is 9.89. The first kappa shape index (κ1) is 16.3. The maximum absolute atomic E-state index is 12.7. The zero-order valence-electron chi connectivity index (χ0n) is 12.9. The van der Waals surface area contributed by atoms with Gasteiger partial charge in [0.15, 0.2) is 9.84 Å². The minimum atomic E-state index is -3.05. The van der Waals surface area contributed by atoms with Gasteiger partial charge in [-0.25, -0.2) is 8.42 Å². The van der Waals surface area contributed by atoms with Crippen molar-refractivity contribution in [2.24, 2.45) is 5.41 Å². The first-order valence-corrected chi connectivity index (χ1v) is 9.32. The molecule has 0 aromatic heterocycles. The number of hydrogen-bond donors (Lipinski definition) is 1. The van der Waals surface area contributed by atoms with E-state index in [1.807, 2.05) is 6.92 Å². The van der Waals surface area contributed by atoms with Gasteiger partial charge in [0, 0.05) is 18.6 Å². The Morgan fingerprint density at radius 2 is 1.86 bits per heavy atom. The number of rotatable bonds is 5. The third kappa shape index (κ3) is 3.56. The predicted molar refractivity (Wildman–Crippen MR) is 79.4 cm³/mol. The standard InChI is InChI=1S/C14H24N2O4S/c1-4-16(11-7-8-21(19,20)9-11)13(18)14(2,3)12(17)15-10-5-6-10/h10-11H,4-9H2,1-3H3,(H,15,17). The number of nitrogens with one attached hydrogen (secondary N) is 1. The highest BCUT2D eigenvalue weighted by molar-refractivity contribution is 7.91. The van der Waals surface area contributed by atoms with Gasteiger partial charge in [-0.3, -0.25) is 9.59 Å². The van der Waals surface area contributed by atoms with Gasteiger partial charge < -0.3 is 10.2 Å². The van der Waals surface area contributed by atoms with E-state index in [1.54, 1.807) is 18.7 Å². The summed E-state index contributed by atoms with van der Waals surface area (Å²) < 4.78 is 23.2. The van der Waals surface area contributed by atoms with Crippen molar-refractivity contribution in [3.8, 4) is 0 Å². The van der Waals surface area contributed by atoms with Crippen LogP contribution in [0.1, 0.15) is 40.0 Å². The van der Waals surface area contributed by atoms with Gasteiger partial charge in [0.1, 0.15) is 5.41 Å². The van der Waals surface area contributed by atoms with Crippen LogP contribution in [-0.4, -0.2) is 55.3 Å². The molecule has 1 N–H and O–H groups in total. The molecule has 1 aliphatic heterocycles. The number of carbonyl (C=O) groups excluding carboxylic acids is 2. The Balaban J connectivity index is 2.09. The van der Waals surface area contributed by atoms with Crippen molar-refractivity contribution >= 4 is 21.7 Å². The van der Waals surface area contributed by atoms with Crippen molar-refractivity contribution in [3.63, 3.8) is 0 Å². The fraction of sp³-hybridized carbons (Fsp3) is 0.857. The van der Waals surface area contributed by atoms with Crippen molar-refractivity contribution in [3.05, 3.63) is 0 Å². The van der Waals surface area contributed by atoms with Crippen LogP contribution in [0.3, 0.4) is 0 Å². The summed E-state index contributed by atoms with van der Waals surface area (Å²) >= 11 is 0. The maximum atomic E-state index is 12.7. The SMILES string of the molecule is CCN(C(=O)C(C)(C)C(=O)NC1CC1)C1CCS(=O)(=O)C1. The van der Waals surface area contributed by atoms with E-state index in [-0.39, 0.29) is 35.4 Å². The fourth-order valence-corrected chi connectivity index (χ4v) is 4.37. The Morgan fingerprint density at radius 3 is 2.29 bits per heavy atom. The molecular formula is C14H24N2O4S. The van der Waals surface area contributed by atoms with Crippen LogP contribution in [0.25, 0.3) is 0 Å². The van der Waals surface area contributed by atoms with Crippen molar-refractivity contribution in [1.82, 2.24) is 10.2 Å². The van der Waals surface area contributed by atoms with E-state index >= 15 is 0 Å². The topological polar surface area (TPSA) is 83.6 Å². The van der Waals surface area contributed by atoms with Gasteiger partial charge in [0.2, 0.25) is 11.8 Å². The number of carbonyl (C=O) groups is 2. The lowest BCUT2D eigenvalue weighted by molar-refractivity contribution is -0.149. The molecule has 0 spiro atoms. The molecule has 1 saturated heterocycles. The summed E-state index contributed by atoms with van der Waals surface area (Å²) in [6.07, 6.45) is 2.39. The van der Waals surface area contributed by atoms with Gasteiger partial charge in [-0.05, 0) is 40.0 Å². The van der Waals surface area contributed by atoms with E-state index in [1.165, 1.54) is 0 Å². The highest BCUT2D eigenvalue weighted by atomic mass is 32.2. The largest absolute Gasteiger partial charge is 0.352 e. The lowest BCUT2D eigenvalue weighted by Crippen LogP contribution is -2.53. The van der Waals surface area contributed by atoms with E-state index in [0.29, 0.717) is 13.0 Å². The quantitative estimate of drug-likeness (QED) is 0.741. The molecule has 1 saturated carbocycles. The molecular weight excluding hydrogens is 292 g/mol. The minimum absolute atomic E-state index is 0.00685. The van der Waals surface area contributed by atoms with Crippen LogP contribution >= 0.6 is 0 Å². The van der Waals surface area contributed by atoms with Crippen molar-refractivity contribution in [1.29, 1.82) is 0 Å². The summed E-state index contributed by atoms with van der Waals surface area (Å²) in [5, 5.41) is 2.86. The summed E-state index contributed by atoms with van der Waals surface area (Å²) in [5.74, 6) is -0.428. The van der Waals surface area contributed by atoms with Crippen LogP contribution in [0.2, 0.25) is 0 Å². The van der Waals surface area contributed by atoms with Crippen molar-refractivity contribution < 1.29 is 18.0 Å². The van der Waals surface area contributed by atoms with Gasteiger partial charge >= 0.3 is 0 Å². The van der Waals surface area contributed by atoms with Gasteiger partial charge in [0.25, 0.3) is 0 Å². The summed E-state index contributed by atoms with van der Waals surface area (Å²) in [6.45, 7) is 5.45. The number of hydrogen-bond acceptors (Lipinski definition) is 4. The molecule has 120 valence electrons. The second-order valence-electron chi connectivity index (χ2n) is 6.52. The van der Waals surface area contributed by atoms with Crippen LogP contribution in [0, 0.1) is 5.41 Å². The zero-order chi connectivity index (χ0) is 15.8. The summed E-state index contributed by atoms with van der Waals surface area (Å²) in [7, 11) is -3.05. The second kappa shape index (κ2) is 5.59. The van der Waals surface area contributed by atoms with Crippen LogP contribution in [0.5, 0.6) is 0 Å². The van der Waals surface area contributed by atoms with E-state index in [9.17, 15) is 18.0 Å². The number of sulfone groups is 1. The van der Waals surface area contributed by atoms with Crippen LogP contribution in [0.15, 0.2) is 0 Å². The zero-order valence-corrected chi connectivity index (χ0v) is 13.7. The van der Waals surface area contributed by atoms with Crippen LogP contribution < -0.4 is 5.32 Å². The molecule has 2 amide bonds. The normalized spacial score (nSPS) is 24.6. The molecule has 1 unspecified atom stereocenters.